The summed E-state index contributed by atoms with van der Waals surface area (Å²) in [7, 11) is 1.70. The Hall–Kier alpha value is -0.120. The fourth-order valence-electron chi connectivity index (χ4n) is 1.00. The van der Waals surface area contributed by atoms with Crippen LogP contribution in [-0.2, 0) is 4.74 Å². The van der Waals surface area contributed by atoms with Gasteiger partial charge in [0.2, 0.25) is 0 Å². The van der Waals surface area contributed by atoms with Crippen LogP contribution in [-0.4, -0.2) is 19.8 Å². The van der Waals surface area contributed by atoms with Crippen LogP contribution in [0.2, 0.25) is 0 Å². The van der Waals surface area contributed by atoms with E-state index in [-0.39, 0.29) is 5.41 Å². The van der Waals surface area contributed by atoms with Crippen LogP contribution in [0.5, 0.6) is 0 Å². The van der Waals surface area contributed by atoms with Crippen molar-refractivity contribution in [3.63, 3.8) is 0 Å². The van der Waals surface area contributed by atoms with Gasteiger partial charge in [-0.05, 0) is 11.8 Å². The summed E-state index contributed by atoms with van der Waals surface area (Å²) in [5, 5.41) is 0. The Bertz CT molecular complexity index is 98.8. The van der Waals surface area contributed by atoms with Gasteiger partial charge in [-0.3, -0.25) is 11.3 Å². The van der Waals surface area contributed by atoms with E-state index >= 15 is 0 Å². The third-order valence-corrected chi connectivity index (χ3v) is 1.86. The highest BCUT2D eigenvalue weighted by Gasteiger charge is 2.22. The quantitative estimate of drug-likeness (QED) is 0.474. The summed E-state index contributed by atoms with van der Waals surface area (Å²) in [6.45, 7) is 7.24. The van der Waals surface area contributed by atoms with E-state index in [0.29, 0.717) is 6.04 Å². The smallest absolute Gasteiger partial charge is 0.0477 e. The highest BCUT2D eigenvalue weighted by molar-refractivity contribution is 4.77. The fourth-order valence-corrected chi connectivity index (χ4v) is 1.00. The molecule has 0 aromatic heterocycles. The first kappa shape index (κ1) is 10.9. The zero-order chi connectivity index (χ0) is 8.91. The third-order valence-electron chi connectivity index (χ3n) is 1.86. The van der Waals surface area contributed by atoms with Crippen LogP contribution in [0, 0.1) is 5.41 Å². The lowest BCUT2D eigenvalue weighted by Gasteiger charge is -2.29. The van der Waals surface area contributed by atoms with Crippen molar-refractivity contribution < 1.29 is 4.74 Å². The Balaban J connectivity index is 3.76. The van der Waals surface area contributed by atoms with E-state index in [0.717, 1.165) is 13.0 Å². The van der Waals surface area contributed by atoms with Crippen LogP contribution in [0.1, 0.15) is 27.2 Å². The molecule has 1 unspecified atom stereocenters. The second kappa shape index (κ2) is 4.70. The second-order valence-electron chi connectivity index (χ2n) is 3.87. The van der Waals surface area contributed by atoms with Crippen molar-refractivity contribution in [2.75, 3.05) is 13.7 Å². The highest BCUT2D eigenvalue weighted by atomic mass is 16.5. The molecule has 0 heterocycles. The maximum Gasteiger partial charge on any atom is 0.0477 e. The first-order valence-electron chi connectivity index (χ1n) is 3.97. The van der Waals surface area contributed by atoms with Crippen LogP contribution in [0.3, 0.4) is 0 Å². The first-order valence-corrected chi connectivity index (χ1v) is 3.97. The van der Waals surface area contributed by atoms with Gasteiger partial charge < -0.3 is 4.74 Å². The maximum absolute atomic E-state index is 5.39. The average Bonchev–Trinajstić information content (AvgIpc) is 1.87. The molecule has 3 N–H and O–H groups in total. The number of rotatable bonds is 4. The minimum absolute atomic E-state index is 0.202. The zero-order valence-corrected chi connectivity index (χ0v) is 7.98. The lowest BCUT2D eigenvalue weighted by Crippen LogP contribution is -2.44. The van der Waals surface area contributed by atoms with E-state index in [9.17, 15) is 0 Å². The Labute approximate surface area is 69.3 Å². The second-order valence-corrected chi connectivity index (χ2v) is 3.87. The van der Waals surface area contributed by atoms with Crippen LogP contribution in [0.25, 0.3) is 0 Å². The van der Waals surface area contributed by atoms with Crippen molar-refractivity contribution in [2.45, 2.75) is 33.2 Å². The summed E-state index contributed by atoms with van der Waals surface area (Å²) in [6, 6.07) is 0.322. The summed E-state index contributed by atoms with van der Waals surface area (Å²) >= 11 is 0. The van der Waals surface area contributed by atoms with E-state index in [1.165, 1.54) is 0 Å². The number of hydrogen-bond donors (Lipinski definition) is 2. The third kappa shape index (κ3) is 4.35. The molecular formula is C8H20N2O. The van der Waals surface area contributed by atoms with Crippen molar-refractivity contribution in [1.29, 1.82) is 0 Å². The topological polar surface area (TPSA) is 47.3 Å². The summed E-state index contributed by atoms with van der Waals surface area (Å²) in [5.41, 5.74) is 3.00. The van der Waals surface area contributed by atoms with E-state index in [1.54, 1.807) is 7.11 Å². The van der Waals surface area contributed by atoms with Crippen molar-refractivity contribution in [3.05, 3.63) is 0 Å². The van der Waals surface area contributed by atoms with E-state index in [2.05, 4.69) is 26.2 Å². The van der Waals surface area contributed by atoms with Crippen molar-refractivity contribution >= 4 is 0 Å². The van der Waals surface area contributed by atoms with Gasteiger partial charge in [0.15, 0.2) is 0 Å². The SMILES string of the molecule is COCCC(NN)C(C)(C)C. The average molecular weight is 160 g/mol. The fraction of sp³-hybridized carbons (Fsp3) is 1.00. The molecule has 68 valence electrons. The standard InChI is InChI=1S/C8H20N2O/c1-8(2,3)7(10-9)5-6-11-4/h7,10H,5-6,9H2,1-4H3. The molecule has 1 atom stereocenters. The van der Waals surface area contributed by atoms with Gasteiger partial charge in [0.05, 0.1) is 0 Å². The molecule has 0 radical (unpaired) electrons. The summed E-state index contributed by atoms with van der Waals surface area (Å²) < 4.78 is 4.97. The minimum atomic E-state index is 0.202. The molecule has 0 aliphatic rings. The number of methoxy groups -OCH3 is 1. The molecule has 0 amide bonds. The molecule has 11 heavy (non-hydrogen) atoms. The monoisotopic (exact) mass is 160 g/mol. The van der Waals surface area contributed by atoms with Crippen LogP contribution < -0.4 is 11.3 Å². The van der Waals surface area contributed by atoms with Crippen molar-refractivity contribution in [3.8, 4) is 0 Å². The number of ether oxygens (including phenoxy) is 1. The maximum atomic E-state index is 5.39. The molecule has 3 nitrogen and oxygen atoms in total. The van der Waals surface area contributed by atoms with Gasteiger partial charge in [0, 0.05) is 19.8 Å². The van der Waals surface area contributed by atoms with Crippen molar-refractivity contribution in [1.82, 2.24) is 5.43 Å². The van der Waals surface area contributed by atoms with Gasteiger partial charge in [0.1, 0.15) is 0 Å². The Morgan fingerprint density at radius 1 is 1.45 bits per heavy atom. The van der Waals surface area contributed by atoms with Gasteiger partial charge in [-0.1, -0.05) is 20.8 Å². The molecule has 0 saturated heterocycles. The molecule has 0 rings (SSSR count). The van der Waals surface area contributed by atoms with Gasteiger partial charge in [-0.15, -0.1) is 0 Å². The van der Waals surface area contributed by atoms with Crippen molar-refractivity contribution in [2.24, 2.45) is 11.3 Å². The number of nitrogens with two attached hydrogens (primary N) is 1. The predicted octanol–water partition coefficient (Wildman–Crippen LogP) is 0.901. The Morgan fingerprint density at radius 3 is 2.27 bits per heavy atom. The zero-order valence-electron chi connectivity index (χ0n) is 7.98. The summed E-state index contributed by atoms with van der Waals surface area (Å²) in [6.07, 6.45) is 0.955. The first-order chi connectivity index (χ1) is 5.02. The lowest BCUT2D eigenvalue weighted by molar-refractivity contribution is 0.153. The lowest BCUT2D eigenvalue weighted by atomic mass is 9.85. The molecule has 0 bridgehead atoms. The number of hydrogen-bond acceptors (Lipinski definition) is 3. The summed E-state index contributed by atoms with van der Waals surface area (Å²) in [5.74, 6) is 5.39. The van der Waals surface area contributed by atoms with Gasteiger partial charge >= 0.3 is 0 Å². The van der Waals surface area contributed by atoms with E-state index in [1.807, 2.05) is 0 Å². The minimum Gasteiger partial charge on any atom is -0.385 e. The van der Waals surface area contributed by atoms with Crippen LogP contribution in [0.4, 0.5) is 0 Å². The van der Waals surface area contributed by atoms with Gasteiger partial charge in [-0.2, -0.15) is 0 Å². The predicted molar refractivity (Wildman–Crippen MR) is 47.1 cm³/mol. The molecule has 0 aliphatic carbocycles. The number of hydrazine groups is 1. The molecule has 0 fully saturated rings. The summed E-state index contributed by atoms with van der Waals surface area (Å²) in [4.78, 5) is 0. The Kier molecular flexibility index (Phi) is 4.65. The van der Waals surface area contributed by atoms with Gasteiger partial charge in [0.25, 0.3) is 0 Å². The molecule has 0 saturated carbocycles. The molecule has 0 aromatic rings. The van der Waals surface area contributed by atoms with Crippen LogP contribution >= 0.6 is 0 Å². The van der Waals surface area contributed by atoms with Crippen LogP contribution in [0.15, 0.2) is 0 Å². The molecular weight excluding hydrogens is 140 g/mol. The van der Waals surface area contributed by atoms with E-state index in [4.69, 9.17) is 10.6 Å². The molecule has 0 spiro atoms. The van der Waals surface area contributed by atoms with E-state index < -0.39 is 0 Å². The number of nitrogens with one attached hydrogen (secondary N) is 1. The van der Waals surface area contributed by atoms with Gasteiger partial charge in [-0.25, -0.2) is 0 Å². The normalized spacial score (nSPS) is 15.0. The molecule has 0 aliphatic heterocycles. The Morgan fingerprint density at radius 2 is 2.00 bits per heavy atom. The highest BCUT2D eigenvalue weighted by Crippen LogP contribution is 2.20. The molecule has 0 aromatic carbocycles. The largest absolute Gasteiger partial charge is 0.385 e. The molecule has 3 heteroatoms.